The van der Waals surface area contributed by atoms with Crippen molar-refractivity contribution in [3.05, 3.63) is 15.6 Å². The number of methoxy groups -OCH3 is 1. The Morgan fingerprint density at radius 1 is 1.56 bits per heavy atom. The molecule has 1 heterocycles. The molecule has 0 saturated heterocycles. The Labute approximate surface area is 114 Å². The van der Waals surface area contributed by atoms with E-state index < -0.39 is 0 Å². The number of aryl methyl sites for hydroxylation is 1. The lowest BCUT2D eigenvalue weighted by atomic mass is 9.98. The van der Waals surface area contributed by atoms with Crippen LogP contribution in [0.25, 0.3) is 0 Å². The summed E-state index contributed by atoms with van der Waals surface area (Å²) in [6, 6.07) is 0.540. The zero-order valence-electron chi connectivity index (χ0n) is 11.7. The molecule has 0 fully saturated rings. The Balaban J connectivity index is 2.07. The fourth-order valence-corrected chi connectivity index (χ4v) is 3.74. The molecule has 0 aromatic carbocycles. The fraction of sp³-hybridized carbons (Fsp3) is 0.786. The lowest BCUT2D eigenvalue weighted by Crippen LogP contribution is -2.24. The molecule has 0 radical (unpaired) electrons. The molecule has 0 amide bonds. The van der Waals surface area contributed by atoms with Crippen molar-refractivity contribution in [1.29, 1.82) is 0 Å². The SMILES string of the molecule is CCCNC1CCCc2nc(CC(C)OC)sc21. The molecule has 0 bridgehead atoms. The van der Waals surface area contributed by atoms with Crippen molar-refractivity contribution in [3.8, 4) is 0 Å². The molecule has 2 unspecified atom stereocenters. The molecule has 1 aromatic heterocycles. The van der Waals surface area contributed by atoms with Crippen molar-refractivity contribution in [2.45, 2.75) is 58.1 Å². The van der Waals surface area contributed by atoms with Gasteiger partial charge in [0.1, 0.15) is 0 Å². The summed E-state index contributed by atoms with van der Waals surface area (Å²) in [6.07, 6.45) is 6.07. The van der Waals surface area contributed by atoms with E-state index >= 15 is 0 Å². The van der Waals surface area contributed by atoms with E-state index in [1.165, 1.54) is 34.8 Å². The van der Waals surface area contributed by atoms with E-state index in [-0.39, 0.29) is 6.10 Å². The van der Waals surface area contributed by atoms with E-state index in [1.807, 2.05) is 11.3 Å². The lowest BCUT2D eigenvalue weighted by Gasteiger charge is -2.22. The first-order chi connectivity index (χ1) is 8.74. The summed E-state index contributed by atoms with van der Waals surface area (Å²) in [4.78, 5) is 6.28. The van der Waals surface area contributed by atoms with Gasteiger partial charge in [0.05, 0.1) is 16.8 Å². The Hall–Kier alpha value is -0.450. The number of nitrogens with zero attached hydrogens (tertiary/aromatic N) is 1. The van der Waals surface area contributed by atoms with Gasteiger partial charge in [-0.1, -0.05) is 6.92 Å². The van der Waals surface area contributed by atoms with Crippen LogP contribution in [0, 0.1) is 0 Å². The second-order valence-corrected chi connectivity index (χ2v) is 6.18. The Bertz CT molecular complexity index is 378. The fourth-order valence-electron chi connectivity index (χ4n) is 2.40. The molecule has 1 aliphatic carbocycles. The van der Waals surface area contributed by atoms with E-state index in [4.69, 9.17) is 9.72 Å². The summed E-state index contributed by atoms with van der Waals surface area (Å²) in [7, 11) is 1.77. The predicted molar refractivity (Wildman–Crippen MR) is 76.3 cm³/mol. The molecule has 2 rings (SSSR count). The molecular weight excluding hydrogens is 244 g/mol. The maximum Gasteiger partial charge on any atom is 0.0957 e. The van der Waals surface area contributed by atoms with E-state index in [0.717, 1.165) is 19.4 Å². The standard InChI is InChI=1S/C14H24N2OS/c1-4-8-15-11-6-5-7-12-14(11)18-13(16-12)9-10(2)17-3/h10-11,15H,4-9H2,1-3H3. The highest BCUT2D eigenvalue weighted by atomic mass is 32.1. The lowest BCUT2D eigenvalue weighted by molar-refractivity contribution is 0.118. The third-order valence-electron chi connectivity index (χ3n) is 3.50. The first kappa shape index (κ1) is 14.0. The summed E-state index contributed by atoms with van der Waals surface area (Å²) in [5.41, 5.74) is 1.33. The molecule has 0 aliphatic heterocycles. The quantitative estimate of drug-likeness (QED) is 0.861. The Morgan fingerprint density at radius 3 is 3.11 bits per heavy atom. The zero-order valence-corrected chi connectivity index (χ0v) is 12.5. The number of ether oxygens (including phenoxy) is 1. The molecule has 1 aliphatic rings. The van der Waals surface area contributed by atoms with Crippen LogP contribution >= 0.6 is 11.3 Å². The molecule has 0 saturated carbocycles. The van der Waals surface area contributed by atoms with Crippen LogP contribution in [0.1, 0.15) is 54.7 Å². The third kappa shape index (κ3) is 3.31. The van der Waals surface area contributed by atoms with E-state index in [2.05, 4.69) is 19.2 Å². The van der Waals surface area contributed by atoms with Gasteiger partial charge < -0.3 is 10.1 Å². The van der Waals surface area contributed by atoms with E-state index in [9.17, 15) is 0 Å². The van der Waals surface area contributed by atoms with Gasteiger partial charge in [-0.3, -0.25) is 0 Å². The van der Waals surface area contributed by atoms with Crippen molar-refractivity contribution in [1.82, 2.24) is 10.3 Å². The highest BCUT2D eigenvalue weighted by Gasteiger charge is 2.24. The smallest absolute Gasteiger partial charge is 0.0957 e. The van der Waals surface area contributed by atoms with Crippen LogP contribution in [-0.2, 0) is 17.6 Å². The number of nitrogens with one attached hydrogen (secondary N) is 1. The van der Waals surface area contributed by atoms with Crippen LogP contribution in [0.4, 0.5) is 0 Å². The molecule has 3 nitrogen and oxygen atoms in total. The second-order valence-electron chi connectivity index (χ2n) is 5.07. The number of fused-ring (bicyclic) bond motifs is 1. The van der Waals surface area contributed by atoms with Crippen molar-refractivity contribution < 1.29 is 4.74 Å². The minimum Gasteiger partial charge on any atom is -0.381 e. The van der Waals surface area contributed by atoms with Gasteiger partial charge in [-0.2, -0.15) is 0 Å². The average molecular weight is 268 g/mol. The van der Waals surface area contributed by atoms with Gasteiger partial charge in [-0.25, -0.2) is 4.98 Å². The highest BCUT2D eigenvalue weighted by Crippen LogP contribution is 2.34. The maximum absolute atomic E-state index is 5.33. The monoisotopic (exact) mass is 268 g/mol. The number of hydrogen-bond donors (Lipinski definition) is 1. The van der Waals surface area contributed by atoms with Crippen LogP contribution < -0.4 is 5.32 Å². The van der Waals surface area contributed by atoms with Gasteiger partial charge in [-0.15, -0.1) is 11.3 Å². The third-order valence-corrected chi connectivity index (χ3v) is 4.73. The van der Waals surface area contributed by atoms with Crippen LogP contribution in [0.15, 0.2) is 0 Å². The van der Waals surface area contributed by atoms with Crippen molar-refractivity contribution in [2.75, 3.05) is 13.7 Å². The van der Waals surface area contributed by atoms with Crippen LogP contribution in [-0.4, -0.2) is 24.7 Å². The summed E-state index contributed by atoms with van der Waals surface area (Å²) in [5, 5.41) is 4.88. The molecule has 18 heavy (non-hydrogen) atoms. The molecule has 102 valence electrons. The number of aromatic nitrogens is 1. The van der Waals surface area contributed by atoms with Gasteiger partial charge in [0.15, 0.2) is 0 Å². The number of thiazole rings is 1. The second kappa shape index (κ2) is 6.64. The zero-order chi connectivity index (χ0) is 13.0. The summed E-state index contributed by atoms with van der Waals surface area (Å²) >= 11 is 1.88. The average Bonchev–Trinajstić information content (AvgIpc) is 2.78. The van der Waals surface area contributed by atoms with E-state index in [1.54, 1.807) is 7.11 Å². The van der Waals surface area contributed by atoms with Crippen molar-refractivity contribution in [3.63, 3.8) is 0 Å². The largest absolute Gasteiger partial charge is 0.381 e. The van der Waals surface area contributed by atoms with Gasteiger partial charge in [0, 0.05) is 24.4 Å². The summed E-state index contributed by atoms with van der Waals surface area (Å²) in [5.74, 6) is 0. The van der Waals surface area contributed by atoms with Gasteiger partial charge in [0.2, 0.25) is 0 Å². The van der Waals surface area contributed by atoms with Gasteiger partial charge in [0.25, 0.3) is 0 Å². The minimum atomic E-state index is 0.264. The molecule has 4 heteroatoms. The van der Waals surface area contributed by atoms with E-state index in [0.29, 0.717) is 6.04 Å². The van der Waals surface area contributed by atoms with Crippen LogP contribution in [0.2, 0.25) is 0 Å². The number of hydrogen-bond acceptors (Lipinski definition) is 4. The van der Waals surface area contributed by atoms with Crippen LogP contribution in [0.5, 0.6) is 0 Å². The van der Waals surface area contributed by atoms with Gasteiger partial charge in [-0.05, 0) is 39.2 Å². The number of rotatable bonds is 6. The Kier molecular flexibility index (Phi) is 5.15. The minimum absolute atomic E-state index is 0.264. The summed E-state index contributed by atoms with van der Waals surface area (Å²) in [6.45, 7) is 5.42. The van der Waals surface area contributed by atoms with Crippen molar-refractivity contribution in [2.24, 2.45) is 0 Å². The molecular formula is C14H24N2OS. The Morgan fingerprint density at radius 2 is 2.39 bits per heavy atom. The molecule has 1 N–H and O–H groups in total. The van der Waals surface area contributed by atoms with Crippen LogP contribution in [0.3, 0.4) is 0 Å². The highest BCUT2D eigenvalue weighted by molar-refractivity contribution is 7.11. The first-order valence-corrected chi connectivity index (χ1v) is 7.80. The molecule has 0 spiro atoms. The molecule has 2 atom stereocenters. The summed E-state index contributed by atoms with van der Waals surface area (Å²) < 4.78 is 5.33. The van der Waals surface area contributed by atoms with Gasteiger partial charge >= 0.3 is 0 Å². The van der Waals surface area contributed by atoms with Crippen molar-refractivity contribution >= 4 is 11.3 Å². The maximum atomic E-state index is 5.33. The normalized spacial score (nSPS) is 20.7. The molecule has 1 aromatic rings. The first-order valence-electron chi connectivity index (χ1n) is 6.99. The predicted octanol–water partition coefficient (Wildman–Crippen LogP) is 3.10. The topological polar surface area (TPSA) is 34.2 Å².